The molecule has 0 aromatic carbocycles. The van der Waals surface area contributed by atoms with Crippen molar-refractivity contribution in [2.45, 2.75) is 12.5 Å². The van der Waals surface area contributed by atoms with Crippen LogP contribution in [0.15, 0.2) is 24.5 Å². The van der Waals surface area contributed by atoms with Crippen LogP contribution in [-0.4, -0.2) is 31.3 Å². The van der Waals surface area contributed by atoms with Gasteiger partial charge >= 0.3 is 0 Å². The minimum absolute atomic E-state index is 0.323. The monoisotopic (exact) mass is 191 g/mol. The van der Waals surface area contributed by atoms with E-state index in [9.17, 15) is 0 Å². The van der Waals surface area contributed by atoms with Crippen molar-refractivity contribution in [1.82, 2.24) is 4.98 Å². The summed E-state index contributed by atoms with van der Waals surface area (Å²) in [6, 6.07) is 4.05. The Kier molecular flexibility index (Phi) is 2.99. The van der Waals surface area contributed by atoms with Crippen molar-refractivity contribution < 1.29 is 4.74 Å². The number of hydrogen-bond donors (Lipinski definition) is 0. The SMILES string of the molecule is CO[C@H]1C[CH]CN(c2cccnc2)C1. The number of rotatable bonds is 2. The molecule has 1 radical (unpaired) electrons. The Morgan fingerprint density at radius 1 is 1.57 bits per heavy atom. The highest BCUT2D eigenvalue weighted by Gasteiger charge is 2.19. The maximum absolute atomic E-state index is 5.35. The van der Waals surface area contributed by atoms with E-state index >= 15 is 0 Å². The number of pyridine rings is 1. The van der Waals surface area contributed by atoms with E-state index in [2.05, 4.69) is 22.4 Å². The van der Waals surface area contributed by atoms with E-state index in [0.717, 1.165) is 19.5 Å². The minimum Gasteiger partial charge on any atom is -0.380 e. The summed E-state index contributed by atoms with van der Waals surface area (Å²) in [6.45, 7) is 1.95. The lowest BCUT2D eigenvalue weighted by Gasteiger charge is -2.33. The molecule has 3 nitrogen and oxygen atoms in total. The number of ether oxygens (including phenoxy) is 1. The summed E-state index contributed by atoms with van der Waals surface area (Å²) in [5, 5.41) is 0. The highest BCUT2D eigenvalue weighted by molar-refractivity contribution is 5.44. The molecule has 0 unspecified atom stereocenters. The number of piperidine rings is 1. The number of nitrogens with zero attached hydrogens (tertiary/aromatic N) is 2. The molecular weight excluding hydrogens is 176 g/mol. The summed E-state index contributed by atoms with van der Waals surface area (Å²) < 4.78 is 5.35. The van der Waals surface area contributed by atoms with Gasteiger partial charge in [-0.05, 0) is 25.0 Å². The zero-order valence-corrected chi connectivity index (χ0v) is 8.39. The van der Waals surface area contributed by atoms with Gasteiger partial charge in [-0.25, -0.2) is 0 Å². The zero-order chi connectivity index (χ0) is 9.80. The number of hydrogen-bond acceptors (Lipinski definition) is 3. The van der Waals surface area contributed by atoms with Gasteiger partial charge in [0, 0.05) is 26.4 Å². The minimum atomic E-state index is 0.323. The van der Waals surface area contributed by atoms with Crippen LogP contribution in [0, 0.1) is 6.42 Å². The van der Waals surface area contributed by atoms with E-state index in [4.69, 9.17) is 4.74 Å². The first-order chi connectivity index (χ1) is 6.90. The van der Waals surface area contributed by atoms with Gasteiger partial charge in [0.25, 0.3) is 0 Å². The number of methoxy groups -OCH3 is 1. The largest absolute Gasteiger partial charge is 0.380 e. The van der Waals surface area contributed by atoms with Crippen LogP contribution in [0.5, 0.6) is 0 Å². The third-order valence-electron chi connectivity index (χ3n) is 2.55. The third kappa shape index (κ3) is 2.04. The summed E-state index contributed by atoms with van der Waals surface area (Å²) in [5.41, 5.74) is 1.17. The van der Waals surface area contributed by atoms with Gasteiger partial charge in [-0.3, -0.25) is 4.98 Å². The maximum atomic E-state index is 5.35. The van der Waals surface area contributed by atoms with Crippen LogP contribution in [0.2, 0.25) is 0 Å². The maximum Gasteiger partial charge on any atom is 0.0749 e. The van der Waals surface area contributed by atoms with Crippen LogP contribution in [0.1, 0.15) is 6.42 Å². The second kappa shape index (κ2) is 4.42. The molecule has 14 heavy (non-hydrogen) atoms. The van der Waals surface area contributed by atoms with Crippen molar-refractivity contribution in [2.75, 3.05) is 25.1 Å². The molecule has 0 aliphatic carbocycles. The summed E-state index contributed by atoms with van der Waals surface area (Å²) in [5.74, 6) is 0. The van der Waals surface area contributed by atoms with Crippen LogP contribution in [-0.2, 0) is 4.74 Å². The van der Waals surface area contributed by atoms with Crippen molar-refractivity contribution in [3.05, 3.63) is 30.9 Å². The van der Waals surface area contributed by atoms with Gasteiger partial charge in [0.05, 0.1) is 18.0 Å². The van der Waals surface area contributed by atoms with Crippen molar-refractivity contribution in [3.8, 4) is 0 Å². The topological polar surface area (TPSA) is 25.4 Å². The van der Waals surface area contributed by atoms with Gasteiger partial charge in [0.1, 0.15) is 0 Å². The smallest absolute Gasteiger partial charge is 0.0749 e. The van der Waals surface area contributed by atoms with Gasteiger partial charge in [-0.15, -0.1) is 0 Å². The molecular formula is C11H15N2O. The molecule has 2 rings (SSSR count). The zero-order valence-electron chi connectivity index (χ0n) is 8.39. The molecule has 3 heteroatoms. The van der Waals surface area contributed by atoms with E-state index < -0.39 is 0 Å². The Labute approximate surface area is 84.7 Å². The molecule has 0 N–H and O–H groups in total. The Balaban J connectivity index is 2.04. The van der Waals surface area contributed by atoms with Crippen molar-refractivity contribution >= 4 is 5.69 Å². The number of anilines is 1. The predicted molar refractivity (Wildman–Crippen MR) is 56.2 cm³/mol. The first-order valence-electron chi connectivity index (χ1n) is 4.89. The lowest BCUT2D eigenvalue weighted by atomic mass is 10.1. The summed E-state index contributed by atoms with van der Waals surface area (Å²) >= 11 is 0. The molecule has 75 valence electrons. The summed E-state index contributed by atoms with van der Waals surface area (Å²) in [7, 11) is 1.77. The van der Waals surface area contributed by atoms with Gasteiger partial charge in [0.2, 0.25) is 0 Å². The molecule has 0 bridgehead atoms. The second-order valence-corrected chi connectivity index (χ2v) is 3.50. The van der Waals surface area contributed by atoms with Crippen molar-refractivity contribution in [3.63, 3.8) is 0 Å². The fourth-order valence-electron chi connectivity index (χ4n) is 1.73. The van der Waals surface area contributed by atoms with E-state index in [1.54, 1.807) is 13.3 Å². The van der Waals surface area contributed by atoms with Crippen LogP contribution in [0.3, 0.4) is 0 Å². The number of aromatic nitrogens is 1. The molecule has 0 spiro atoms. The standard InChI is InChI=1S/C11H15N2O/c1-14-11-5-3-7-13(9-11)10-4-2-6-12-8-10/h2-4,6,8,11H,5,7,9H2,1H3/t11-/m0/s1. The molecule has 1 atom stereocenters. The Morgan fingerprint density at radius 2 is 2.50 bits per heavy atom. The van der Waals surface area contributed by atoms with E-state index in [1.807, 2.05) is 12.3 Å². The first-order valence-corrected chi connectivity index (χ1v) is 4.89. The van der Waals surface area contributed by atoms with E-state index in [1.165, 1.54) is 5.69 Å². The second-order valence-electron chi connectivity index (χ2n) is 3.50. The fraction of sp³-hybridized carbons (Fsp3) is 0.455. The molecule has 1 saturated heterocycles. The molecule has 0 saturated carbocycles. The van der Waals surface area contributed by atoms with E-state index in [0.29, 0.717) is 6.10 Å². The van der Waals surface area contributed by atoms with Crippen LogP contribution < -0.4 is 4.90 Å². The predicted octanol–water partition coefficient (Wildman–Crippen LogP) is 1.51. The van der Waals surface area contributed by atoms with Crippen molar-refractivity contribution in [1.29, 1.82) is 0 Å². The molecule has 1 fully saturated rings. The lowest BCUT2D eigenvalue weighted by molar-refractivity contribution is 0.100. The fourth-order valence-corrected chi connectivity index (χ4v) is 1.73. The third-order valence-corrected chi connectivity index (χ3v) is 2.55. The Hall–Kier alpha value is -1.09. The quantitative estimate of drug-likeness (QED) is 0.708. The van der Waals surface area contributed by atoms with Gasteiger partial charge < -0.3 is 9.64 Å². The molecule has 2 heterocycles. The molecule has 1 aromatic rings. The Bertz CT molecular complexity index is 276. The van der Waals surface area contributed by atoms with Crippen LogP contribution >= 0.6 is 0 Å². The molecule has 1 aliphatic rings. The molecule has 0 amide bonds. The average Bonchev–Trinajstić information content (AvgIpc) is 2.30. The molecule has 1 aliphatic heterocycles. The normalized spacial score (nSPS) is 22.4. The molecule has 1 aromatic heterocycles. The van der Waals surface area contributed by atoms with Crippen LogP contribution in [0.4, 0.5) is 5.69 Å². The van der Waals surface area contributed by atoms with E-state index in [-0.39, 0.29) is 0 Å². The Morgan fingerprint density at radius 3 is 3.21 bits per heavy atom. The average molecular weight is 191 g/mol. The highest BCUT2D eigenvalue weighted by atomic mass is 16.5. The lowest BCUT2D eigenvalue weighted by Crippen LogP contribution is -2.39. The first kappa shape index (κ1) is 9.46. The van der Waals surface area contributed by atoms with Crippen LogP contribution in [0.25, 0.3) is 0 Å². The summed E-state index contributed by atoms with van der Waals surface area (Å²) in [4.78, 5) is 6.40. The summed E-state index contributed by atoms with van der Waals surface area (Å²) in [6.07, 6.45) is 7.32. The highest BCUT2D eigenvalue weighted by Crippen LogP contribution is 2.18. The van der Waals surface area contributed by atoms with Gasteiger partial charge in [0.15, 0.2) is 0 Å². The van der Waals surface area contributed by atoms with Gasteiger partial charge in [-0.2, -0.15) is 0 Å². The van der Waals surface area contributed by atoms with Gasteiger partial charge in [-0.1, -0.05) is 0 Å². The van der Waals surface area contributed by atoms with Crippen molar-refractivity contribution in [2.24, 2.45) is 0 Å².